The van der Waals surface area contributed by atoms with E-state index in [2.05, 4.69) is 9.97 Å². The largest absolute Gasteiger partial charge is 0.476 e. The number of benzene rings is 1. The van der Waals surface area contributed by atoms with E-state index in [1.54, 1.807) is 0 Å². The van der Waals surface area contributed by atoms with Crippen molar-refractivity contribution in [2.45, 2.75) is 0 Å². The van der Waals surface area contributed by atoms with Crippen LogP contribution in [0.1, 0.15) is 10.5 Å². The number of hydrogen-bond acceptors (Lipinski definition) is 5. The lowest BCUT2D eigenvalue weighted by molar-refractivity contribution is 0.0689. The van der Waals surface area contributed by atoms with Gasteiger partial charge in [-0.25, -0.2) is 14.2 Å². The third-order valence-corrected chi connectivity index (χ3v) is 2.89. The molecule has 1 heterocycles. The maximum absolute atomic E-state index is 13.0. The number of ether oxygens (including phenoxy) is 1. The van der Waals surface area contributed by atoms with Gasteiger partial charge in [0.25, 0.3) is 0 Å². The monoisotopic (exact) mass is 305 g/mol. The molecule has 0 aliphatic heterocycles. The number of aromatic carboxylic acids is 1. The lowest BCUT2D eigenvalue weighted by Crippen LogP contribution is -2.20. The zero-order chi connectivity index (χ0) is 16.1. The molecule has 0 spiro atoms. The Bertz CT molecular complexity index is 660. The van der Waals surface area contributed by atoms with Gasteiger partial charge in [-0.3, -0.25) is 0 Å². The van der Waals surface area contributed by atoms with E-state index in [1.807, 2.05) is 19.0 Å². The van der Waals surface area contributed by atoms with Crippen LogP contribution in [0.3, 0.4) is 0 Å². The van der Waals surface area contributed by atoms with E-state index >= 15 is 0 Å². The molecule has 0 aliphatic rings. The second-order valence-electron chi connectivity index (χ2n) is 4.88. The predicted octanol–water partition coefficient (Wildman–Crippen LogP) is 1.92. The van der Waals surface area contributed by atoms with Gasteiger partial charge in [0.05, 0.1) is 0 Å². The second kappa shape index (κ2) is 6.95. The number of rotatable bonds is 6. The normalized spacial score (nSPS) is 10.7. The van der Waals surface area contributed by atoms with Gasteiger partial charge in [0, 0.05) is 18.3 Å². The van der Waals surface area contributed by atoms with Gasteiger partial charge in [-0.15, -0.1) is 0 Å². The highest BCUT2D eigenvalue weighted by Gasteiger charge is 2.16. The molecule has 0 saturated carbocycles. The molecule has 1 aromatic heterocycles. The first kappa shape index (κ1) is 15.8. The Morgan fingerprint density at radius 2 is 2.00 bits per heavy atom. The summed E-state index contributed by atoms with van der Waals surface area (Å²) in [5.74, 6) is -1.59. The molecule has 116 valence electrons. The third kappa shape index (κ3) is 3.98. The van der Waals surface area contributed by atoms with Crippen molar-refractivity contribution in [1.29, 1.82) is 0 Å². The summed E-state index contributed by atoms with van der Waals surface area (Å²) >= 11 is 0. The molecule has 1 N–H and O–H groups in total. The quantitative estimate of drug-likeness (QED) is 0.879. The number of hydrogen-bond donors (Lipinski definition) is 1. The predicted molar refractivity (Wildman–Crippen MR) is 78.4 cm³/mol. The molecule has 2 rings (SSSR count). The van der Waals surface area contributed by atoms with Gasteiger partial charge in [0.15, 0.2) is 5.69 Å². The summed E-state index contributed by atoms with van der Waals surface area (Å²) in [4.78, 5) is 21.2. The van der Waals surface area contributed by atoms with E-state index in [4.69, 9.17) is 4.74 Å². The van der Waals surface area contributed by atoms with E-state index in [9.17, 15) is 14.3 Å². The Balaban J connectivity index is 2.27. The van der Waals surface area contributed by atoms with Crippen LogP contribution in [-0.4, -0.2) is 53.2 Å². The molecule has 0 saturated heterocycles. The highest BCUT2D eigenvalue weighted by molar-refractivity contribution is 5.93. The van der Waals surface area contributed by atoms with Crippen molar-refractivity contribution in [3.8, 4) is 17.1 Å². The Hall–Kier alpha value is -2.54. The molecule has 1 aromatic carbocycles. The minimum absolute atomic E-state index is 0.00473. The standard InChI is InChI=1S/C15H16FN3O3/c1-19(2)7-8-22-15-17-9-12(13(18-15)14(20)21)10-3-5-11(16)6-4-10/h3-6,9H,7-8H2,1-2H3,(H,20,21). The zero-order valence-electron chi connectivity index (χ0n) is 12.3. The van der Waals surface area contributed by atoms with Gasteiger partial charge in [0.1, 0.15) is 12.4 Å². The van der Waals surface area contributed by atoms with Crippen molar-refractivity contribution in [3.05, 3.63) is 42.0 Å². The number of halogens is 1. The van der Waals surface area contributed by atoms with Crippen molar-refractivity contribution in [1.82, 2.24) is 14.9 Å². The fraction of sp³-hybridized carbons (Fsp3) is 0.267. The highest BCUT2D eigenvalue weighted by Crippen LogP contribution is 2.23. The van der Waals surface area contributed by atoms with Crippen LogP contribution in [0.5, 0.6) is 6.01 Å². The van der Waals surface area contributed by atoms with Crippen LogP contribution in [0.2, 0.25) is 0 Å². The summed E-state index contributed by atoms with van der Waals surface area (Å²) in [5.41, 5.74) is 0.660. The van der Waals surface area contributed by atoms with Gasteiger partial charge in [-0.05, 0) is 31.8 Å². The van der Waals surface area contributed by atoms with E-state index in [0.29, 0.717) is 24.3 Å². The van der Waals surface area contributed by atoms with Crippen LogP contribution >= 0.6 is 0 Å². The van der Waals surface area contributed by atoms with Gasteiger partial charge in [0.2, 0.25) is 0 Å². The molecular weight excluding hydrogens is 289 g/mol. The number of aromatic nitrogens is 2. The van der Waals surface area contributed by atoms with Gasteiger partial charge < -0.3 is 14.7 Å². The topological polar surface area (TPSA) is 75.5 Å². The molecule has 6 nitrogen and oxygen atoms in total. The summed E-state index contributed by atoms with van der Waals surface area (Å²) in [6, 6.07) is 5.47. The molecule has 22 heavy (non-hydrogen) atoms. The molecule has 0 unspecified atom stereocenters. The minimum atomic E-state index is -1.20. The highest BCUT2D eigenvalue weighted by atomic mass is 19.1. The maximum atomic E-state index is 13.0. The van der Waals surface area contributed by atoms with Crippen LogP contribution < -0.4 is 4.74 Å². The molecular formula is C15H16FN3O3. The van der Waals surface area contributed by atoms with Gasteiger partial charge in [-0.2, -0.15) is 4.98 Å². The molecule has 0 atom stereocenters. The van der Waals surface area contributed by atoms with Crippen molar-refractivity contribution >= 4 is 5.97 Å². The first-order valence-corrected chi connectivity index (χ1v) is 6.61. The van der Waals surface area contributed by atoms with Crippen LogP contribution in [-0.2, 0) is 0 Å². The van der Waals surface area contributed by atoms with E-state index < -0.39 is 11.8 Å². The first-order valence-electron chi connectivity index (χ1n) is 6.61. The summed E-state index contributed by atoms with van der Waals surface area (Å²) in [6.45, 7) is 1.01. The zero-order valence-corrected chi connectivity index (χ0v) is 12.3. The maximum Gasteiger partial charge on any atom is 0.355 e. The van der Waals surface area contributed by atoms with Crippen LogP contribution in [0, 0.1) is 5.82 Å². The minimum Gasteiger partial charge on any atom is -0.476 e. The van der Waals surface area contributed by atoms with E-state index in [0.717, 1.165) is 0 Å². The number of carboxylic acid groups (broad SMARTS) is 1. The third-order valence-electron chi connectivity index (χ3n) is 2.89. The molecule has 0 radical (unpaired) electrons. The fourth-order valence-corrected chi connectivity index (χ4v) is 1.76. The average molecular weight is 305 g/mol. The summed E-state index contributed by atoms with van der Waals surface area (Å²) in [5, 5.41) is 9.29. The summed E-state index contributed by atoms with van der Waals surface area (Å²) in [7, 11) is 3.79. The lowest BCUT2D eigenvalue weighted by Gasteiger charge is -2.11. The number of carbonyl (C=O) groups is 1. The second-order valence-corrected chi connectivity index (χ2v) is 4.88. The van der Waals surface area contributed by atoms with Crippen molar-refractivity contribution in [2.75, 3.05) is 27.2 Å². The fourth-order valence-electron chi connectivity index (χ4n) is 1.76. The Morgan fingerprint density at radius 3 is 2.59 bits per heavy atom. The molecule has 0 amide bonds. The van der Waals surface area contributed by atoms with Crippen LogP contribution in [0.25, 0.3) is 11.1 Å². The molecule has 0 fully saturated rings. The molecule has 7 heteroatoms. The SMILES string of the molecule is CN(C)CCOc1ncc(-c2ccc(F)cc2)c(C(=O)O)n1. The Morgan fingerprint density at radius 1 is 1.32 bits per heavy atom. The smallest absolute Gasteiger partial charge is 0.355 e. The number of carboxylic acids is 1. The average Bonchev–Trinajstić information content (AvgIpc) is 2.47. The first-order chi connectivity index (χ1) is 10.5. The van der Waals surface area contributed by atoms with E-state index in [1.165, 1.54) is 30.5 Å². The van der Waals surface area contributed by atoms with Crippen LogP contribution in [0.15, 0.2) is 30.5 Å². The van der Waals surface area contributed by atoms with Gasteiger partial charge in [-0.1, -0.05) is 12.1 Å². The Kier molecular flexibility index (Phi) is 5.00. The number of nitrogens with zero attached hydrogens (tertiary/aromatic N) is 3. The van der Waals surface area contributed by atoms with Crippen molar-refractivity contribution in [2.24, 2.45) is 0 Å². The summed E-state index contributed by atoms with van der Waals surface area (Å²) < 4.78 is 18.3. The van der Waals surface area contributed by atoms with E-state index in [-0.39, 0.29) is 11.7 Å². The molecule has 2 aromatic rings. The van der Waals surface area contributed by atoms with Crippen molar-refractivity contribution < 1.29 is 19.0 Å². The lowest BCUT2D eigenvalue weighted by atomic mass is 10.1. The van der Waals surface area contributed by atoms with Gasteiger partial charge >= 0.3 is 12.0 Å². The van der Waals surface area contributed by atoms with Crippen molar-refractivity contribution in [3.63, 3.8) is 0 Å². The molecule has 0 aliphatic carbocycles. The summed E-state index contributed by atoms with van der Waals surface area (Å²) in [6.07, 6.45) is 1.37. The number of likely N-dealkylation sites (N-methyl/N-ethyl adjacent to an activating group) is 1. The Labute approximate surface area is 127 Å². The molecule has 0 bridgehead atoms. The van der Waals surface area contributed by atoms with Crippen LogP contribution in [0.4, 0.5) is 4.39 Å².